The lowest BCUT2D eigenvalue weighted by Gasteiger charge is -2.09. The molecular formula is C13H14IN3O. The first-order valence-corrected chi connectivity index (χ1v) is 6.64. The topological polar surface area (TPSA) is 47.0 Å². The Kier molecular flexibility index (Phi) is 4.89. The zero-order chi connectivity index (χ0) is 12.8. The predicted molar refractivity (Wildman–Crippen MR) is 79.2 cm³/mol. The molecule has 0 amide bonds. The number of nitrogens with zero attached hydrogens (tertiary/aromatic N) is 2. The van der Waals surface area contributed by atoms with Crippen LogP contribution in [-0.4, -0.2) is 17.1 Å². The number of hydrogen-bond acceptors (Lipinski definition) is 4. The standard InChI is InChI=1S/C13H14IN3O/c1-18-9-11-5-3-2-4-10(11)6-15-13-16-7-12(14)8-17-13/h2-5,7-8H,6,9H2,1H3,(H,15,16,17). The molecule has 0 atom stereocenters. The molecule has 0 aliphatic rings. The molecule has 0 saturated heterocycles. The van der Waals surface area contributed by atoms with Crippen molar-refractivity contribution in [3.63, 3.8) is 0 Å². The number of ether oxygens (including phenoxy) is 1. The van der Waals surface area contributed by atoms with Crippen LogP contribution < -0.4 is 5.32 Å². The van der Waals surface area contributed by atoms with Crippen LogP contribution in [0.2, 0.25) is 0 Å². The molecule has 0 saturated carbocycles. The minimum absolute atomic E-state index is 0.616. The summed E-state index contributed by atoms with van der Waals surface area (Å²) >= 11 is 2.18. The van der Waals surface area contributed by atoms with Crippen LogP contribution in [0.5, 0.6) is 0 Å². The summed E-state index contributed by atoms with van der Waals surface area (Å²) in [6, 6.07) is 8.17. The molecule has 94 valence electrons. The summed E-state index contributed by atoms with van der Waals surface area (Å²) in [6.07, 6.45) is 3.58. The van der Waals surface area contributed by atoms with Crippen LogP contribution in [-0.2, 0) is 17.9 Å². The van der Waals surface area contributed by atoms with Crippen LogP contribution in [0.1, 0.15) is 11.1 Å². The Labute approximate surface area is 120 Å². The molecule has 2 aromatic rings. The second-order valence-electron chi connectivity index (χ2n) is 3.78. The molecule has 1 aromatic carbocycles. The molecule has 0 spiro atoms. The second-order valence-corrected chi connectivity index (χ2v) is 5.03. The lowest BCUT2D eigenvalue weighted by atomic mass is 10.1. The van der Waals surface area contributed by atoms with E-state index in [2.05, 4.69) is 50.0 Å². The number of anilines is 1. The fraction of sp³-hybridized carbons (Fsp3) is 0.231. The van der Waals surface area contributed by atoms with Gasteiger partial charge in [-0.25, -0.2) is 9.97 Å². The highest BCUT2D eigenvalue weighted by Crippen LogP contribution is 2.11. The molecule has 0 unspecified atom stereocenters. The number of halogens is 1. The van der Waals surface area contributed by atoms with Crippen LogP contribution in [0.25, 0.3) is 0 Å². The number of benzene rings is 1. The van der Waals surface area contributed by atoms with Gasteiger partial charge in [-0.15, -0.1) is 0 Å². The zero-order valence-electron chi connectivity index (χ0n) is 10.1. The normalized spacial score (nSPS) is 10.3. The maximum absolute atomic E-state index is 5.18. The van der Waals surface area contributed by atoms with Gasteiger partial charge in [0.05, 0.1) is 6.61 Å². The van der Waals surface area contributed by atoms with Crippen molar-refractivity contribution in [2.45, 2.75) is 13.2 Å². The predicted octanol–water partition coefficient (Wildman–Crippen LogP) is 2.84. The molecule has 0 bridgehead atoms. The average Bonchev–Trinajstić information content (AvgIpc) is 2.40. The van der Waals surface area contributed by atoms with Gasteiger partial charge in [0.15, 0.2) is 0 Å². The summed E-state index contributed by atoms with van der Waals surface area (Å²) in [5.41, 5.74) is 2.37. The quantitative estimate of drug-likeness (QED) is 0.838. The number of aromatic nitrogens is 2. The molecule has 1 heterocycles. The van der Waals surface area contributed by atoms with Gasteiger partial charge in [0, 0.05) is 29.6 Å². The van der Waals surface area contributed by atoms with E-state index in [9.17, 15) is 0 Å². The van der Waals surface area contributed by atoms with E-state index < -0.39 is 0 Å². The van der Waals surface area contributed by atoms with Gasteiger partial charge in [-0.2, -0.15) is 0 Å². The Bertz CT molecular complexity index is 502. The first kappa shape index (κ1) is 13.2. The minimum Gasteiger partial charge on any atom is -0.380 e. The number of methoxy groups -OCH3 is 1. The molecule has 1 N–H and O–H groups in total. The first-order valence-electron chi connectivity index (χ1n) is 5.56. The number of rotatable bonds is 5. The summed E-state index contributed by atoms with van der Waals surface area (Å²) in [6.45, 7) is 1.31. The third kappa shape index (κ3) is 3.64. The smallest absolute Gasteiger partial charge is 0.222 e. The van der Waals surface area contributed by atoms with Gasteiger partial charge in [0.25, 0.3) is 0 Å². The first-order chi connectivity index (χ1) is 8.79. The summed E-state index contributed by atoms with van der Waals surface area (Å²) in [7, 11) is 1.70. The van der Waals surface area contributed by atoms with E-state index in [4.69, 9.17) is 4.74 Å². The largest absolute Gasteiger partial charge is 0.380 e. The Balaban J connectivity index is 2.03. The molecule has 0 radical (unpaired) electrons. The van der Waals surface area contributed by atoms with Crippen molar-refractivity contribution < 1.29 is 4.74 Å². The lowest BCUT2D eigenvalue weighted by Crippen LogP contribution is -2.06. The Morgan fingerprint density at radius 3 is 2.50 bits per heavy atom. The van der Waals surface area contributed by atoms with Gasteiger partial charge in [0.2, 0.25) is 5.95 Å². The van der Waals surface area contributed by atoms with Gasteiger partial charge in [-0.05, 0) is 33.7 Å². The van der Waals surface area contributed by atoms with E-state index in [0.29, 0.717) is 19.1 Å². The van der Waals surface area contributed by atoms with Crippen molar-refractivity contribution in [1.29, 1.82) is 0 Å². The highest BCUT2D eigenvalue weighted by molar-refractivity contribution is 14.1. The van der Waals surface area contributed by atoms with Gasteiger partial charge in [-0.3, -0.25) is 0 Å². The summed E-state index contributed by atoms with van der Waals surface area (Å²) in [5.74, 6) is 0.641. The van der Waals surface area contributed by atoms with E-state index in [0.717, 1.165) is 3.57 Å². The fourth-order valence-corrected chi connectivity index (χ4v) is 1.88. The van der Waals surface area contributed by atoms with Crippen LogP contribution in [0.3, 0.4) is 0 Å². The zero-order valence-corrected chi connectivity index (χ0v) is 12.2. The second kappa shape index (κ2) is 6.65. The molecule has 4 nitrogen and oxygen atoms in total. The molecule has 0 aliphatic heterocycles. The van der Waals surface area contributed by atoms with Crippen molar-refractivity contribution in [2.24, 2.45) is 0 Å². The third-order valence-corrected chi connectivity index (χ3v) is 3.03. The Morgan fingerprint density at radius 1 is 1.17 bits per heavy atom. The number of nitrogens with one attached hydrogen (secondary N) is 1. The molecule has 2 rings (SSSR count). The van der Waals surface area contributed by atoms with Crippen molar-refractivity contribution in [3.8, 4) is 0 Å². The van der Waals surface area contributed by atoms with Crippen molar-refractivity contribution in [1.82, 2.24) is 9.97 Å². The summed E-state index contributed by atoms with van der Waals surface area (Å²) in [4.78, 5) is 8.42. The van der Waals surface area contributed by atoms with Crippen molar-refractivity contribution in [2.75, 3.05) is 12.4 Å². The lowest BCUT2D eigenvalue weighted by molar-refractivity contribution is 0.184. The van der Waals surface area contributed by atoms with Gasteiger partial charge in [0.1, 0.15) is 0 Å². The van der Waals surface area contributed by atoms with Crippen molar-refractivity contribution >= 4 is 28.5 Å². The maximum atomic E-state index is 5.18. The van der Waals surface area contributed by atoms with E-state index >= 15 is 0 Å². The van der Waals surface area contributed by atoms with E-state index in [1.54, 1.807) is 19.5 Å². The van der Waals surface area contributed by atoms with Crippen LogP contribution >= 0.6 is 22.6 Å². The van der Waals surface area contributed by atoms with E-state index in [-0.39, 0.29) is 0 Å². The highest BCUT2D eigenvalue weighted by Gasteiger charge is 2.02. The van der Waals surface area contributed by atoms with Crippen LogP contribution in [0.4, 0.5) is 5.95 Å². The highest BCUT2D eigenvalue weighted by atomic mass is 127. The van der Waals surface area contributed by atoms with Gasteiger partial charge in [-0.1, -0.05) is 24.3 Å². The van der Waals surface area contributed by atoms with E-state index in [1.807, 2.05) is 12.1 Å². The molecule has 0 aliphatic carbocycles. The molecule has 18 heavy (non-hydrogen) atoms. The Hall–Kier alpha value is -1.21. The fourth-order valence-electron chi connectivity index (χ4n) is 1.60. The van der Waals surface area contributed by atoms with E-state index in [1.165, 1.54) is 11.1 Å². The summed E-state index contributed by atoms with van der Waals surface area (Å²) < 4.78 is 6.20. The minimum atomic E-state index is 0.616. The molecular weight excluding hydrogens is 341 g/mol. The summed E-state index contributed by atoms with van der Waals surface area (Å²) in [5, 5.41) is 3.21. The Morgan fingerprint density at radius 2 is 1.83 bits per heavy atom. The van der Waals surface area contributed by atoms with Gasteiger partial charge < -0.3 is 10.1 Å². The van der Waals surface area contributed by atoms with Crippen LogP contribution in [0, 0.1) is 3.57 Å². The van der Waals surface area contributed by atoms with Crippen LogP contribution in [0.15, 0.2) is 36.7 Å². The molecule has 5 heteroatoms. The number of hydrogen-bond donors (Lipinski definition) is 1. The molecule has 0 fully saturated rings. The average molecular weight is 355 g/mol. The third-order valence-electron chi connectivity index (χ3n) is 2.48. The van der Waals surface area contributed by atoms with Crippen molar-refractivity contribution in [3.05, 3.63) is 51.4 Å². The maximum Gasteiger partial charge on any atom is 0.222 e. The monoisotopic (exact) mass is 355 g/mol. The van der Waals surface area contributed by atoms with Gasteiger partial charge >= 0.3 is 0 Å². The SMILES string of the molecule is COCc1ccccc1CNc1ncc(I)cn1. The molecule has 1 aromatic heterocycles.